The molecule has 1 aliphatic rings. The number of likely N-dealkylation sites (tertiary alicyclic amines) is 1. The highest BCUT2D eigenvalue weighted by atomic mass is 32.1. The van der Waals surface area contributed by atoms with Gasteiger partial charge in [0.05, 0.1) is 10.4 Å². The standard InChI is InChI=1S/C28H32N6O3S/c1-16-6-7-21(13-17(16)2)37-14-23(35)34-10-8-20(9-11-34)28-30-22(15-38-28)27(36)31-25-24-18(3)12-19(4)29-26(24)33(5)32-25/h6-7,12-13,15,20H,8-11,14H2,1-5H3,(H,31,32,36). The fourth-order valence-corrected chi connectivity index (χ4v) is 5.82. The molecule has 2 amide bonds. The number of carbonyl (C=O) groups excluding carboxylic acids is 2. The largest absolute Gasteiger partial charge is 0.484 e. The maximum atomic E-state index is 13.0. The third-order valence-corrected chi connectivity index (χ3v) is 8.15. The Morgan fingerprint density at radius 1 is 1.05 bits per heavy atom. The number of pyridine rings is 1. The maximum Gasteiger partial charge on any atom is 0.276 e. The SMILES string of the molecule is Cc1cc(C)c2c(NC(=O)c3csc(C4CCN(C(=O)COc5ccc(C)c(C)c5)CC4)n3)nn(C)c2n1. The van der Waals surface area contributed by atoms with Crippen LogP contribution in [0, 0.1) is 27.7 Å². The van der Waals surface area contributed by atoms with E-state index in [1.165, 1.54) is 16.9 Å². The van der Waals surface area contributed by atoms with Crippen molar-refractivity contribution in [1.29, 1.82) is 0 Å². The summed E-state index contributed by atoms with van der Waals surface area (Å²) in [7, 11) is 1.82. The lowest BCUT2D eigenvalue weighted by molar-refractivity contribution is -0.134. The van der Waals surface area contributed by atoms with Gasteiger partial charge in [-0.15, -0.1) is 11.3 Å². The summed E-state index contributed by atoms with van der Waals surface area (Å²) in [6, 6.07) is 7.84. The number of fused-ring (bicyclic) bond motifs is 1. The molecule has 0 radical (unpaired) electrons. The topological polar surface area (TPSA) is 102 Å². The molecule has 0 unspecified atom stereocenters. The molecule has 0 aliphatic carbocycles. The molecule has 1 fully saturated rings. The normalized spacial score (nSPS) is 14.2. The molecule has 1 aromatic carbocycles. The monoisotopic (exact) mass is 532 g/mol. The molecule has 3 aromatic heterocycles. The minimum atomic E-state index is -0.288. The van der Waals surface area contributed by atoms with Gasteiger partial charge >= 0.3 is 0 Å². The van der Waals surface area contributed by atoms with Gasteiger partial charge in [-0.25, -0.2) is 14.6 Å². The van der Waals surface area contributed by atoms with Gasteiger partial charge in [-0.05, 0) is 75.4 Å². The molecular formula is C28H32N6O3S. The second-order valence-corrected chi connectivity index (χ2v) is 10.9. The lowest BCUT2D eigenvalue weighted by Gasteiger charge is -2.31. The van der Waals surface area contributed by atoms with Crippen molar-refractivity contribution in [1.82, 2.24) is 24.6 Å². The van der Waals surface area contributed by atoms with Crippen molar-refractivity contribution in [3.63, 3.8) is 0 Å². The lowest BCUT2D eigenvalue weighted by Crippen LogP contribution is -2.40. The number of rotatable bonds is 6. The summed E-state index contributed by atoms with van der Waals surface area (Å²) in [5, 5.41) is 10.9. The molecule has 0 bridgehead atoms. The Morgan fingerprint density at radius 3 is 2.55 bits per heavy atom. The molecule has 1 N–H and O–H groups in total. The number of anilines is 1. The summed E-state index contributed by atoms with van der Waals surface area (Å²) in [5.74, 6) is 1.12. The summed E-state index contributed by atoms with van der Waals surface area (Å²) >= 11 is 1.49. The molecule has 4 aromatic rings. The number of nitrogens with one attached hydrogen (secondary N) is 1. The second kappa shape index (κ2) is 10.5. The summed E-state index contributed by atoms with van der Waals surface area (Å²) in [6.45, 7) is 9.33. The highest BCUT2D eigenvalue weighted by molar-refractivity contribution is 7.10. The van der Waals surface area contributed by atoms with Crippen LogP contribution in [0.3, 0.4) is 0 Å². The summed E-state index contributed by atoms with van der Waals surface area (Å²) in [5.41, 5.74) is 5.36. The van der Waals surface area contributed by atoms with Gasteiger partial charge in [0.15, 0.2) is 18.1 Å². The predicted octanol–water partition coefficient (Wildman–Crippen LogP) is 4.70. The van der Waals surface area contributed by atoms with Gasteiger partial charge in [0.1, 0.15) is 11.4 Å². The number of thiazole rings is 1. The van der Waals surface area contributed by atoms with Gasteiger partial charge < -0.3 is 15.0 Å². The van der Waals surface area contributed by atoms with Crippen molar-refractivity contribution in [3.05, 3.63) is 62.7 Å². The van der Waals surface area contributed by atoms with E-state index in [9.17, 15) is 9.59 Å². The van der Waals surface area contributed by atoms with Gasteiger partial charge in [-0.1, -0.05) is 6.07 Å². The van der Waals surface area contributed by atoms with Crippen LogP contribution in [0.25, 0.3) is 11.0 Å². The first-order valence-corrected chi connectivity index (χ1v) is 13.6. The zero-order valence-electron chi connectivity index (χ0n) is 22.4. The fraction of sp³-hybridized carbons (Fsp3) is 0.393. The van der Waals surface area contributed by atoms with E-state index in [0.29, 0.717) is 30.4 Å². The van der Waals surface area contributed by atoms with Gasteiger partial charge in [-0.3, -0.25) is 9.59 Å². The molecule has 9 nitrogen and oxygen atoms in total. The second-order valence-electron chi connectivity index (χ2n) is 9.97. The smallest absolute Gasteiger partial charge is 0.276 e. The van der Waals surface area contributed by atoms with E-state index in [4.69, 9.17) is 4.74 Å². The van der Waals surface area contributed by atoms with Crippen molar-refractivity contribution >= 4 is 40.0 Å². The molecule has 1 aliphatic heterocycles. The number of benzene rings is 1. The molecule has 0 saturated carbocycles. The number of ether oxygens (including phenoxy) is 1. The predicted molar refractivity (Wildman–Crippen MR) is 148 cm³/mol. The Bertz CT molecular complexity index is 1520. The van der Waals surface area contributed by atoms with Crippen molar-refractivity contribution < 1.29 is 14.3 Å². The van der Waals surface area contributed by atoms with Crippen LogP contribution in [0.15, 0.2) is 29.6 Å². The van der Waals surface area contributed by atoms with Gasteiger partial charge in [0.2, 0.25) is 0 Å². The number of nitrogens with zero attached hydrogens (tertiary/aromatic N) is 5. The Labute approximate surface area is 225 Å². The average molecular weight is 533 g/mol. The maximum absolute atomic E-state index is 13.0. The third-order valence-electron chi connectivity index (χ3n) is 7.14. The molecule has 4 heterocycles. The molecule has 198 valence electrons. The van der Waals surface area contributed by atoms with Gasteiger partial charge in [0.25, 0.3) is 11.8 Å². The molecule has 10 heteroatoms. The first-order valence-electron chi connectivity index (χ1n) is 12.7. The number of hydrogen-bond acceptors (Lipinski definition) is 7. The first kappa shape index (κ1) is 25.8. The van der Waals surface area contributed by atoms with E-state index in [-0.39, 0.29) is 24.3 Å². The molecule has 5 rings (SSSR count). The fourth-order valence-electron chi connectivity index (χ4n) is 4.85. The highest BCUT2D eigenvalue weighted by Gasteiger charge is 2.27. The number of aromatic nitrogens is 4. The highest BCUT2D eigenvalue weighted by Crippen LogP contribution is 2.31. The van der Waals surface area contributed by atoms with Crippen LogP contribution in [-0.2, 0) is 11.8 Å². The molecule has 0 spiro atoms. The Hall–Kier alpha value is -3.79. The van der Waals surface area contributed by atoms with Crippen molar-refractivity contribution in [2.45, 2.75) is 46.5 Å². The van der Waals surface area contributed by atoms with Crippen molar-refractivity contribution in [3.8, 4) is 5.75 Å². The number of aryl methyl sites for hydroxylation is 5. The molecule has 38 heavy (non-hydrogen) atoms. The van der Waals surface area contributed by atoms with Gasteiger partial charge in [0, 0.05) is 37.1 Å². The van der Waals surface area contributed by atoms with Gasteiger partial charge in [-0.2, -0.15) is 5.10 Å². The molecular weight excluding hydrogens is 500 g/mol. The minimum Gasteiger partial charge on any atom is -0.484 e. The Balaban J connectivity index is 1.17. The van der Waals surface area contributed by atoms with E-state index in [0.717, 1.165) is 45.7 Å². The quantitative estimate of drug-likeness (QED) is 0.386. The van der Waals surface area contributed by atoms with E-state index in [1.807, 2.05) is 63.9 Å². The number of piperidine rings is 1. The van der Waals surface area contributed by atoms with Crippen LogP contribution in [0.5, 0.6) is 5.75 Å². The summed E-state index contributed by atoms with van der Waals surface area (Å²) in [6.07, 6.45) is 1.61. The first-order chi connectivity index (χ1) is 18.2. The number of amides is 2. The van der Waals surface area contributed by atoms with Crippen molar-refractivity contribution in [2.75, 3.05) is 25.0 Å². The van der Waals surface area contributed by atoms with Crippen LogP contribution in [0.1, 0.15) is 56.6 Å². The summed E-state index contributed by atoms with van der Waals surface area (Å²) in [4.78, 5) is 36.7. The van der Waals surface area contributed by atoms with Crippen LogP contribution in [-0.4, -0.2) is 56.2 Å². The zero-order chi connectivity index (χ0) is 27.0. The summed E-state index contributed by atoms with van der Waals surface area (Å²) < 4.78 is 7.41. The van der Waals surface area contributed by atoms with E-state index in [2.05, 4.69) is 20.4 Å². The van der Waals surface area contributed by atoms with E-state index < -0.39 is 0 Å². The zero-order valence-corrected chi connectivity index (χ0v) is 23.2. The number of carbonyl (C=O) groups is 2. The Kier molecular flexibility index (Phi) is 7.16. The van der Waals surface area contributed by atoms with E-state index in [1.54, 1.807) is 10.1 Å². The van der Waals surface area contributed by atoms with Crippen LogP contribution < -0.4 is 10.1 Å². The third kappa shape index (κ3) is 5.26. The molecule has 1 saturated heterocycles. The molecule has 0 atom stereocenters. The van der Waals surface area contributed by atoms with E-state index >= 15 is 0 Å². The van der Waals surface area contributed by atoms with Crippen LogP contribution in [0.2, 0.25) is 0 Å². The Morgan fingerprint density at radius 2 is 1.82 bits per heavy atom. The van der Waals surface area contributed by atoms with Crippen LogP contribution >= 0.6 is 11.3 Å². The number of hydrogen-bond donors (Lipinski definition) is 1. The lowest BCUT2D eigenvalue weighted by atomic mass is 9.97. The minimum absolute atomic E-state index is 0.0107. The van der Waals surface area contributed by atoms with Crippen molar-refractivity contribution in [2.24, 2.45) is 7.05 Å². The average Bonchev–Trinajstić information content (AvgIpc) is 3.50. The van der Waals surface area contributed by atoms with Crippen LogP contribution in [0.4, 0.5) is 5.82 Å².